The number of rotatable bonds is 6. The number of aromatic nitrogens is 7. The van der Waals surface area contributed by atoms with Crippen LogP contribution in [-0.2, 0) is 13.6 Å². The first-order chi connectivity index (χ1) is 18.2. The number of nitrogens with one attached hydrogen (secondary N) is 3. The average molecular weight is 527 g/mol. The van der Waals surface area contributed by atoms with Crippen LogP contribution in [0, 0.1) is 12.7 Å². The van der Waals surface area contributed by atoms with Crippen molar-refractivity contribution in [2.75, 3.05) is 6.26 Å². The molecule has 3 N–H and O–H groups in total. The summed E-state index contributed by atoms with van der Waals surface area (Å²) in [7, 11) is 0.545. The Morgan fingerprint density at radius 2 is 1.89 bits per heavy atom. The standard InChI is InChI=1S/C28H27FN8S/c1-16-30-15-24(37(16)2)21-9-10-23-26(32-21)27(36-35-23)28-33-22-8-6-7-20(25(22)34-28)18-11-17(12-19(29)13-18)14-31-38(3,4)5/h6-13,15,31H,3-4,14H2,1-2,5H3,(H,33,34)(H,35,36). The number of aryl methyl sites for hydroxylation is 1. The summed E-state index contributed by atoms with van der Waals surface area (Å²) < 4.78 is 19.9. The lowest BCUT2D eigenvalue weighted by Crippen LogP contribution is -2.08. The molecule has 0 aliphatic rings. The number of para-hydroxylation sites is 1. The number of H-pyrrole nitrogens is 2. The summed E-state index contributed by atoms with van der Waals surface area (Å²) in [5, 5.41) is 7.58. The number of fused-ring (bicyclic) bond motifs is 2. The van der Waals surface area contributed by atoms with E-state index in [2.05, 4.69) is 36.6 Å². The van der Waals surface area contributed by atoms with Gasteiger partial charge in [0, 0.05) is 19.2 Å². The summed E-state index contributed by atoms with van der Waals surface area (Å²) in [6.45, 7) is 2.43. The van der Waals surface area contributed by atoms with Crippen LogP contribution in [0.25, 0.3) is 56.1 Å². The van der Waals surface area contributed by atoms with Crippen molar-refractivity contribution in [2.24, 2.45) is 7.05 Å². The summed E-state index contributed by atoms with van der Waals surface area (Å²) in [6.07, 6.45) is 3.77. The van der Waals surface area contributed by atoms with Gasteiger partial charge in [0.1, 0.15) is 17.2 Å². The van der Waals surface area contributed by atoms with Gasteiger partial charge in [-0.3, -0.25) is 9.82 Å². The SMILES string of the molecule is C=S(=C)(C)NCc1cc(F)cc(-c2cccc3[nH]c(-c4n[nH]c5ccc(-c6cnc(C)n6C)nc45)nc23)c1. The van der Waals surface area contributed by atoms with E-state index >= 15 is 0 Å². The second kappa shape index (κ2) is 8.93. The van der Waals surface area contributed by atoms with Gasteiger partial charge in [-0.15, -0.1) is 0 Å². The molecule has 4 heterocycles. The number of imidazole rings is 2. The first-order valence-corrected chi connectivity index (χ1v) is 14.4. The summed E-state index contributed by atoms with van der Waals surface area (Å²) in [5.41, 5.74) is 7.76. The number of hydrogen-bond acceptors (Lipinski definition) is 5. The van der Waals surface area contributed by atoms with Crippen LogP contribution in [0.3, 0.4) is 0 Å². The highest BCUT2D eigenvalue weighted by molar-refractivity contribution is 8.25. The Morgan fingerprint density at radius 1 is 1.05 bits per heavy atom. The second-order valence-electron chi connectivity index (χ2n) is 9.65. The lowest BCUT2D eigenvalue weighted by Gasteiger charge is -2.12. The van der Waals surface area contributed by atoms with Gasteiger partial charge in [-0.2, -0.15) is 14.5 Å². The molecule has 2 aromatic carbocycles. The third kappa shape index (κ3) is 4.37. The first kappa shape index (κ1) is 24.1. The molecule has 0 unspecified atom stereocenters. The highest BCUT2D eigenvalue weighted by Gasteiger charge is 2.18. The molecular weight excluding hydrogens is 499 g/mol. The maximum Gasteiger partial charge on any atom is 0.161 e. The summed E-state index contributed by atoms with van der Waals surface area (Å²) in [6, 6.07) is 14.8. The molecule has 6 rings (SSSR count). The predicted molar refractivity (Wildman–Crippen MR) is 156 cm³/mol. The van der Waals surface area contributed by atoms with Crippen LogP contribution in [0.1, 0.15) is 11.4 Å². The average Bonchev–Trinajstić information content (AvgIpc) is 3.58. The fourth-order valence-corrected chi connectivity index (χ4v) is 5.00. The van der Waals surface area contributed by atoms with Crippen molar-refractivity contribution in [2.45, 2.75) is 13.5 Å². The summed E-state index contributed by atoms with van der Waals surface area (Å²) in [5.74, 6) is 9.26. The Morgan fingerprint density at radius 3 is 2.66 bits per heavy atom. The summed E-state index contributed by atoms with van der Waals surface area (Å²) >= 11 is 0. The molecule has 38 heavy (non-hydrogen) atoms. The number of pyridine rings is 1. The quantitative estimate of drug-likeness (QED) is 0.255. The van der Waals surface area contributed by atoms with Crippen LogP contribution in [0.15, 0.2) is 54.7 Å². The van der Waals surface area contributed by atoms with Crippen molar-refractivity contribution >= 4 is 43.2 Å². The third-order valence-electron chi connectivity index (χ3n) is 6.52. The molecule has 0 amide bonds. The van der Waals surface area contributed by atoms with E-state index in [0.717, 1.165) is 50.5 Å². The Kier molecular flexibility index (Phi) is 5.66. The van der Waals surface area contributed by atoms with E-state index in [1.807, 2.05) is 67.4 Å². The molecule has 6 aromatic rings. The van der Waals surface area contributed by atoms with E-state index in [4.69, 9.17) is 9.97 Å². The van der Waals surface area contributed by atoms with Crippen LogP contribution < -0.4 is 4.72 Å². The van der Waals surface area contributed by atoms with E-state index in [9.17, 15) is 4.39 Å². The van der Waals surface area contributed by atoms with Crippen molar-refractivity contribution in [3.63, 3.8) is 0 Å². The van der Waals surface area contributed by atoms with Crippen LogP contribution in [-0.4, -0.2) is 52.7 Å². The molecule has 10 heteroatoms. The first-order valence-electron chi connectivity index (χ1n) is 12.0. The van der Waals surface area contributed by atoms with Crippen molar-refractivity contribution in [3.8, 4) is 34.0 Å². The zero-order chi connectivity index (χ0) is 26.6. The predicted octanol–water partition coefficient (Wildman–Crippen LogP) is 5.32. The van der Waals surface area contributed by atoms with Gasteiger partial charge in [-0.25, -0.2) is 19.3 Å². The zero-order valence-corrected chi connectivity index (χ0v) is 22.2. The third-order valence-corrected chi connectivity index (χ3v) is 7.36. The van der Waals surface area contributed by atoms with Crippen LogP contribution in [0.2, 0.25) is 0 Å². The normalized spacial score (nSPS) is 12.1. The molecule has 0 spiro atoms. The molecule has 192 valence electrons. The Labute approximate surface area is 219 Å². The van der Waals surface area contributed by atoms with Crippen molar-refractivity contribution in [1.82, 2.24) is 39.4 Å². The highest BCUT2D eigenvalue weighted by atomic mass is 32.2. The Bertz CT molecular complexity index is 1940. The zero-order valence-electron chi connectivity index (χ0n) is 21.3. The highest BCUT2D eigenvalue weighted by Crippen LogP contribution is 2.32. The van der Waals surface area contributed by atoms with Crippen molar-refractivity contribution in [1.29, 1.82) is 0 Å². The second-order valence-corrected chi connectivity index (χ2v) is 12.5. The smallest absolute Gasteiger partial charge is 0.161 e. The molecule has 0 radical (unpaired) electrons. The topological polar surface area (TPSA) is 100 Å². The molecule has 0 fully saturated rings. The molecule has 0 aliphatic heterocycles. The fraction of sp³-hybridized carbons (Fsp3) is 0.143. The number of nitrogens with zero attached hydrogens (tertiary/aromatic N) is 5. The molecule has 0 aliphatic carbocycles. The molecule has 0 atom stereocenters. The van der Waals surface area contributed by atoms with Crippen LogP contribution >= 0.6 is 9.39 Å². The van der Waals surface area contributed by atoms with E-state index in [1.165, 1.54) is 12.1 Å². The maximum atomic E-state index is 14.6. The van der Waals surface area contributed by atoms with Gasteiger partial charge < -0.3 is 9.55 Å². The van der Waals surface area contributed by atoms with Crippen molar-refractivity contribution in [3.05, 3.63) is 71.9 Å². The number of benzene rings is 2. The van der Waals surface area contributed by atoms with Gasteiger partial charge in [-0.1, -0.05) is 23.9 Å². The molecule has 4 aromatic heterocycles. The Balaban J connectivity index is 1.44. The maximum absolute atomic E-state index is 14.6. The molecular formula is C28H27FN8S. The minimum atomic E-state index is -1.42. The Hall–Kier alpha value is -4.28. The largest absolute Gasteiger partial charge is 0.336 e. The molecule has 8 nitrogen and oxygen atoms in total. The molecule has 0 saturated heterocycles. The van der Waals surface area contributed by atoms with E-state index in [-0.39, 0.29) is 5.82 Å². The molecule has 0 saturated carbocycles. The van der Waals surface area contributed by atoms with E-state index in [1.54, 1.807) is 0 Å². The van der Waals surface area contributed by atoms with Gasteiger partial charge in [0.25, 0.3) is 0 Å². The van der Waals surface area contributed by atoms with Crippen LogP contribution in [0.5, 0.6) is 0 Å². The van der Waals surface area contributed by atoms with Gasteiger partial charge in [-0.05, 0) is 60.7 Å². The lowest BCUT2D eigenvalue weighted by atomic mass is 10.0. The van der Waals surface area contributed by atoms with Gasteiger partial charge in [0.15, 0.2) is 11.5 Å². The van der Waals surface area contributed by atoms with Gasteiger partial charge in [0.05, 0.1) is 34.1 Å². The van der Waals surface area contributed by atoms with Gasteiger partial charge in [0.2, 0.25) is 0 Å². The van der Waals surface area contributed by atoms with E-state index < -0.39 is 9.39 Å². The number of hydrogen-bond donors (Lipinski definition) is 3. The minimum absolute atomic E-state index is 0.308. The monoisotopic (exact) mass is 526 g/mol. The van der Waals surface area contributed by atoms with E-state index in [0.29, 0.717) is 23.6 Å². The number of aromatic amines is 2. The fourth-order valence-electron chi connectivity index (χ4n) is 4.49. The molecule has 0 bridgehead atoms. The van der Waals surface area contributed by atoms with Gasteiger partial charge >= 0.3 is 0 Å². The number of halogens is 1. The van der Waals surface area contributed by atoms with Crippen molar-refractivity contribution < 1.29 is 4.39 Å². The minimum Gasteiger partial charge on any atom is -0.336 e. The van der Waals surface area contributed by atoms with Crippen LogP contribution in [0.4, 0.5) is 4.39 Å². The lowest BCUT2D eigenvalue weighted by molar-refractivity contribution is 0.625. The summed E-state index contributed by atoms with van der Waals surface area (Å²) in [4.78, 5) is 17.6.